The van der Waals surface area contributed by atoms with Crippen molar-refractivity contribution >= 4 is 40.6 Å². The number of alkyl halides is 3. The zero-order valence-electron chi connectivity index (χ0n) is 14.1. The molecule has 0 bridgehead atoms. The first-order chi connectivity index (χ1) is 13.3. The van der Waals surface area contributed by atoms with Crippen LogP contribution >= 0.6 is 11.8 Å². The molecule has 6 nitrogen and oxygen atoms in total. The topological polar surface area (TPSA) is 70.4 Å². The highest BCUT2D eigenvalue weighted by Gasteiger charge is 2.35. The highest BCUT2D eigenvalue weighted by molar-refractivity contribution is 6.13. The summed E-state index contributed by atoms with van der Waals surface area (Å²) in [6.45, 7) is 0.0496. The highest BCUT2D eigenvalue weighted by Crippen LogP contribution is 2.35. The fourth-order valence-electron chi connectivity index (χ4n) is 2.46. The molecule has 3 rings (SSSR count). The van der Waals surface area contributed by atoms with E-state index >= 15 is 0 Å². The molecule has 0 aliphatic rings. The van der Waals surface area contributed by atoms with Gasteiger partial charge in [-0.05, 0) is 42.1 Å². The van der Waals surface area contributed by atoms with Crippen LogP contribution in [0, 0.1) is 5.82 Å². The molecule has 0 radical (unpaired) electrons. The summed E-state index contributed by atoms with van der Waals surface area (Å²) >= 11 is 5.43. The van der Waals surface area contributed by atoms with E-state index in [9.17, 15) is 22.4 Å². The monoisotopic (exact) mass is 416 g/mol. The van der Waals surface area contributed by atoms with Gasteiger partial charge in [0, 0.05) is 13.1 Å². The summed E-state index contributed by atoms with van der Waals surface area (Å²) < 4.78 is 58.2. The number of carbonyl (C=O) groups is 1. The SMILES string of the molecule is O=C(Nc1ccc(F)cc1C(F)(F)F)N(CCNCl)c1nc2ccccc2o1. The Balaban J connectivity index is 1.92. The van der Waals surface area contributed by atoms with Gasteiger partial charge in [-0.3, -0.25) is 0 Å². The lowest BCUT2D eigenvalue weighted by molar-refractivity contribution is -0.137. The summed E-state index contributed by atoms with van der Waals surface area (Å²) in [5.41, 5.74) is -1.05. The van der Waals surface area contributed by atoms with E-state index in [-0.39, 0.29) is 19.1 Å². The van der Waals surface area contributed by atoms with E-state index in [1.54, 1.807) is 24.3 Å². The Kier molecular flexibility index (Phi) is 5.71. The van der Waals surface area contributed by atoms with E-state index in [0.717, 1.165) is 17.0 Å². The number of fused-ring (bicyclic) bond motifs is 1. The van der Waals surface area contributed by atoms with Crippen LogP contribution in [0.15, 0.2) is 46.9 Å². The number of urea groups is 1. The van der Waals surface area contributed by atoms with Gasteiger partial charge < -0.3 is 9.73 Å². The van der Waals surface area contributed by atoms with Crippen molar-refractivity contribution in [1.29, 1.82) is 0 Å². The molecular formula is C17H13ClF4N4O2. The van der Waals surface area contributed by atoms with Crippen molar-refractivity contribution in [3.8, 4) is 0 Å². The Bertz CT molecular complexity index is 960. The molecule has 0 aliphatic heterocycles. The van der Waals surface area contributed by atoms with Gasteiger partial charge in [0.25, 0.3) is 0 Å². The predicted octanol–water partition coefficient (Wildman–Crippen LogP) is 4.77. The fourth-order valence-corrected chi connectivity index (χ4v) is 2.54. The van der Waals surface area contributed by atoms with Crippen molar-refractivity contribution in [2.45, 2.75) is 6.18 Å². The first-order valence-electron chi connectivity index (χ1n) is 7.94. The maximum Gasteiger partial charge on any atom is 0.418 e. The van der Waals surface area contributed by atoms with Crippen LogP contribution in [0.5, 0.6) is 0 Å². The molecule has 0 spiro atoms. The third-order valence-corrected chi connectivity index (χ3v) is 3.91. The minimum Gasteiger partial charge on any atom is -0.423 e. The summed E-state index contributed by atoms with van der Waals surface area (Å²) in [6.07, 6.45) is -4.86. The molecule has 1 heterocycles. The molecule has 0 atom stereocenters. The molecule has 11 heteroatoms. The van der Waals surface area contributed by atoms with Crippen LogP contribution in [0.25, 0.3) is 11.1 Å². The third-order valence-electron chi connectivity index (χ3n) is 3.72. The van der Waals surface area contributed by atoms with Crippen molar-refractivity contribution in [3.63, 3.8) is 0 Å². The average Bonchev–Trinajstić information content (AvgIpc) is 3.06. The highest BCUT2D eigenvalue weighted by atomic mass is 35.5. The number of nitrogens with zero attached hydrogens (tertiary/aromatic N) is 2. The molecule has 28 heavy (non-hydrogen) atoms. The van der Waals surface area contributed by atoms with Crippen LogP contribution in [-0.2, 0) is 6.18 Å². The molecule has 0 unspecified atom stereocenters. The van der Waals surface area contributed by atoms with Gasteiger partial charge in [-0.25, -0.2) is 18.9 Å². The van der Waals surface area contributed by atoms with E-state index in [2.05, 4.69) is 15.1 Å². The molecular weight excluding hydrogens is 404 g/mol. The largest absolute Gasteiger partial charge is 0.423 e. The van der Waals surface area contributed by atoms with E-state index in [1.807, 2.05) is 0 Å². The van der Waals surface area contributed by atoms with Crippen LogP contribution < -0.4 is 15.1 Å². The van der Waals surface area contributed by atoms with Crippen LogP contribution in [0.3, 0.4) is 0 Å². The minimum atomic E-state index is -4.86. The molecule has 0 fully saturated rings. The average molecular weight is 417 g/mol. The number of aromatic nitrogens is 1. The van der Waals surface area contributed by atoms with Gasteiger partial charge in [-0.15, -0.1) is 0 Å². The Morgan fingerprint density at radius 2 is 1.96 bits per heavy atom. The van der Waals surface area contributed by atoms with E-state index in [0.29, 0.717) is 17.2 Å². The van der Waals surface area contributed by atoms with Crippen molar-refractivity contribution < 1.29 is 26.8 Å². The number of amides is 2. The molecule has 148 valence electrons. The molecule has 1 aromatic heterocycles. The number of para-hydroxylation sites is 2. The summed E-state index contributed by atoms with van der Waals surface area (Å²) in [4.78, 5) is 20.1. The van der Waals surface area contributed by atoms with E-state index in [1.165, 1.54) is 0 Å². The quantitative estimate of drug-likeness (QED) is 0.464. The number of hydrogen-bond acceptors (Lipinski definition) is 4. The maximum absolute atomic E-state index is 13.3. The van der Waals surface area contributed by atoms with Crippen molar-refractivity contribution in [3.05, 3.63) is 53.8 Å². The van der Waals surface area contributed by atoms with Gasteiger partial charge in [-0.1, -0.05) is 12.1 Å². The Hall–Kier alpha value is -2.85. The van der Waals surface area contributed by atoms with Crippen LogP contribution in [0.4, 0.5) is 34.1 Å². The second-order valence-corrected chi connectivity index (χ2v) is 5.88. The van der Waals surface area contributed by atoms with Crippen LogP contribution in [0.1, 0.15) is 5.56 Å². The fraction of sp³-hybridized carbons (Fsp3) is 0.176. The van der Waals surface area contributed by atoms with Gasteiger partial charge in [0.15, 0.2) is 5.58 Å². The second kappa shape index (κ2) is 8.03. The lowest BCUT2D eigenvalue weighted by Crippen LogP contribution is -2.39. The van der Waals surface area contributed by atoms with Gasteiger partial charge in [0.05, 0.1) is 11.3 Å². The van der Waals surface area contributed by atoms with Gasteiger partial charge >= 0.3 is 18.2 Å². The number of halogens is 5. The van der Waals surface area contributed by atoms with E-state index in [4.69, 9.17) is 16.2 Å². The van der Waals surface area contributed by atoms with E-state index < -0.39 is 29.3 Å². The van der Waals surface area contributed by atoms with Crippen molar-refractivity contribution in [2.24, 2.45) is 0 Å². The number of anilines is 2. The van der Waals surface area contributed by atoms with Gasteiger partial charge in [0.1, 0.15) is 11.3 Å². The first-order valence-corrected chi connectivity index (χ1v) is 8.31. The van der Waals surface area contributed by atoms with Crippen LogP contribution in [0.2, 0.25) is 0 Å². The minimum absolute atomic E-state index is 0.0509. The number of nitrogens with one attached hydrogen (secondary N) is 2. The Labute approximate surface area is 161 Å². The Morgan fingerprint density at radius 1 is 1.21 bits per heavy atom. The number of rotatable bonds is 5. The summed E-state index contributed by atoms with van der Waals surface area (Å²) in [7, 11) is 0. The molecule has 3 aromatic rings. The summed E-state index contributed by atoms with van der Waals surface area (Å²) in [6, 6.07) is 7.58. The van der Waals surface area contributed by atoms with Crippen LogP contribution in [-0.4, -0.2) is 24.1 Å². The van der Waals surface area contributed by atoms with Crippen molar-refractivity contribution in [2.75, 3.05) is 23.3 Å². The second-order valence-electron chi connectivity index (χ2n) is 5.62. The predicted molar refractivity (Wildman–Crippen MR) is 95.6 cm³/mol. The van der Waals surface area contributed by atoms with Gasteiger partial charge in [-0.2, -0.15) is 18.2 Å². The number of hydrogen-bond donors (Lipinski definition) is 2. The zero-order valence-corrected chi connectivity index (χ0v) is 14.8. The normalized spacial score (nSPS) is 11.6. The molecule has 2 amide bonds. The Morgan fingerprint density at radius 3 is 2.64 bits per heavy atom. The molecule has 2 aromatic carbocycles. The maximum atomic E-state index is 13.3. The van der Waals surface area contributed by atoms with Gasteiger partial charge in [0.2, 0.25) is 0 Å². The molecule has 0 saturated heterocycles. The lowest BCUT2D eigenvalue weighted by atomic mass is 10.1. The third kappa shape index (κ3) is 4.34. The number of benzene rings is 2. The standard InChI is InChI=1S/C17H13ClF4N4O2/c18-23-7-8-26(16-25-13-3-1-2-4-14(13)28-16)15(27)24-12-6-5-10(19)9-11(12)17(20,21)22/h1-6,9,23H,7-8H2,(H,24,27). The zero-order chi connectivity index (χ0) is 20.3. The van der Waals surface area contributed by atoms with Crippen molar-refractivity contribution in [1.82, 2.24) is 9.82 Å². The first kappa shape index (κ1) is 19.9. The smallest absolute Gasteiger partial charge is 0.418 e. The molecule has 2 N–H and O–H groups in total. The molecule has 0 saturated carbocycles. The molecule has 0 aliphatic carbocycles. The number of oxazole rings is 1. The number of carbonyl (C=O) groups excluding carboxylic acids is 1. The lowest BCUT2D eigenvalue weighted by Gasteiger charge is -2.20. The summed E-state index contributed by atoms with van der Waals surface area (Å²) in [5, 5.41) is 2.13. The summed E-state index contributed by atoms with van der Waals surface area (Å²) in [5.74, 6) is -1.08.